The number of nitriles is 1. The first-order valence-electron chi connectivity index (χ1n) is 9.07. The minimum absolute atomic E-state index is 0.129. The summed E-state index contributed by atoms with van der Waals surface area (Å²) in [5, 5.41) is 8.86. The average molecular weight is 371 g/mol. The number of aromatic nitrogens is 2. The molecular formula is C20H23ClN4O. The van der Waals surface area contributed by atoms with Crippen LogP contribution >= 0.6 is 11.6 Å². The molecule has 0 saturated carbocycles. The van der Waals surface area contributed by atoms with Gasteiger partial charge in [0.25, 0.3) is 0 Å². The van der Waals surface area contributed by atoms with Gasteiger partial charge >= 0.3 is 6.01 Å². The molecule has 0 bridgehead atoms. The van der Waals surface area contributed by atoms with E-state index in [1.807, 2.05) is 12.1 Å². The fourth-order valence-corrected chi connectivity index (χ4v) is 3.52. The summed E-state index contributed by atoms with van der Waals surface area (Å²) in [6.07, 6.45) is 7.65. The number of hydrogen-bond acceptors (Lipinski definition) is 5. The molecule has 1 aliphatic heterocycles. The lowest BCUT2D eigenvalue weighted by molar-refractivity contribution is 0.0845. The van der Waals surface area contributed by atoms with Gasteiger partial charge in [-0.1, -0.05) is 25.5 Å². The highest BCUT2D eigenvalue weighted by Gasteiger charge is 2.24. The monoisotopic (exact) mass is 370 g/mol. The molecule has 0 spiro atoms. The molecule has 1 aliphatic rings. The Hall–Kier alpha value is -2.16. The molecule has 1 saturated heterocycles. The molecule has 2 heterocycles. The van der Waals surface area contributed by atoms with Crippen molar-refractivity contribution in [3.63, 3.8) is 0 Å². The Morgan fingerprint density at radius 2 is 1.85 bits per heavy atom. The summed E-state index contributed by atoms with van der Waals surface area (Å²) < 4.78 is 5.94. The molecule has 3 rings (SSSR count). The van der Waals surface area contributed by atoms with Crippen LogP contribution in [-0.2, 0) is 0 Å². The molecule has 5 nitrogen and oxygen atoms in total. The number of alkyl halides is 1. The van der Waals surface area contributed by atoms with Crippen molar-refractivity contribution in [1.82, 2.24) is 14.9 Å². The Morgan fingerprint density at radius 3 is 2.42 bits per heavy atom. The number of hydrogen-bond donors (Lipinski definition) is 0. The van der Waals surface area contributed by atoms with Crippen LogP contribution in [0.3, 0.4) is 0 Å². The molecule has 136 valence electrons. The van der Waals surface area contributed by atoms with Crippen molar-refractivity contribution < 1.29 is 4.74 Å². The summed E-state index contributed by atoms with van der Waals surface area (Å²) in [4.78, 5) is 11.0. The molecule has 1 aromatic carbocycles. The Kier molecular flexibility index (Phi) is 6.43. The van der Waals surface area contributed by atoms with Gasteiger partial charge in [0.15, 0.2) is 0 Å². The second-order valence-corrected chi connectivity index (χ2v) is 7.02. The Labute approximate surface area is 159 Å². The van der Waals surface area contributed by atoms with Crippen molar-refractivity contribution >= 4 is 11.6 Å². The van der Waals surface area contributed by atoms with Crippen LogP contribution in [0.2, 0.25) is 0 Å². The number of halogens is 1. The third kappa shape index (κ3) is 4.72. The minimum Gasteiger partial charge on any atom is -0.460 e. The predicted octanol–water partition coefficient (Wildman–Crippen LogP) is 4.22. The molecule has 1 fully saturated rings. The van der Waals surface area contributed by atoms with Gasteiger partial charge in [-0.2, -0.15) is 5.26 Å². The van der Waals surface area contributed by atoms with E-state index in [1.54, 1.807) is 24.5 Å². The third-order valence-corrected chi connectivity index (χ3v) is 5.14. The normalized spacial score (nSPS) is 16.8. The zero-order valence-electron chi connectivity index (χ0n) is 14.9. The lowest BCUT2D eigenvalue weighted by Crippen LogP contribution is -2.42. The maximum absolute atomic E-state index is 8.86. The molecule has 0 radical (unpaired) electrons. The van der Waals surface area contributed by atoms with E-state index in [-0.39, 0.29) is 11.6 Å². The lowest BCUT2D eigenvalue weighted by Gasteiger charge is -2.34. The van der Waals surface area contributed by atoms with Crippen LogP contribution in [0.4, 0.5) is 0 Å². The van der Waals surface area contributed by atoms with Crippen molar-refractivity contribution in [3.05, 3.63) is 42.2 Å². The van der Waals surface area contributed by atoms with Gasteiger partial charge < -0.3 is 4.74 Å². The van der Waals surface area contributed by atoms with E-state index in [0.717, 1.165) is 49.9 Å². The molecule has 0 aliphatic carbocycles. The number of nitrogens with zero attached hydrogens (tertiary/aromatic N) is 4. The highest BCUT2D eigenvalue weighted by molar-refractivity contribution is 6.20. The van der Waals surface area contributed by atoms with E-state index in [9.17, 15) is 0 Å². The molecule has 26 heavy (non-hydrogen) atoms. The molecule has 0 N–H and O–H groups in total. The molecule has 1 aromatic heterocycles. The van der Waals surface area contributed by atoms with Crippen LogP contribution in [0, 0.1) is 11.3 Å². The maximum atomic E-state index is 8.86. The van der Waals surface area contributed by atoms with E-state index in [0.29, 0.717) is 11.6 Å². The van der Waals surface area contributed by atoms with Gasteiger partial charge in [0.05, 0.1) is 17.1 Å². The van der Waals surface area contributed by atoms with Crippen LogP contribution in [-0.4, -0.2) is 39.6 Å². The Bertz CT molecular complexity index is 734. The first kappa shape index (κ1) is 18.6. The highest BCUT2D eigenvalue weighted by atomic mass is 35.5. The number of benzene rings is 1. The predicted molar refractivity (Wildman–Crippen MR) is 102 cm³/mol. The largest absolute Gasteiger partial charge is 0.460 e. The van der Waals surface area contributed by atoms with Gasteiger partial charge in [-0.3, -0.25) is 4.90 Å². The van der Waals surface area contributed by atoms with Gasteiger partial charge in [0, 0.05) is 31.0 Å². The number of likely N-dealkylation sites (tertiary alicyclic amines) is 1. The third-order valence-electron chi connectivity index (χ3n) is 4.65. The Morgan fingerprint density at radius 1 is 1.19 bits per heavy atom. The SMILES string of the molecule is CCCC(Cl)N1CCC(Oc2ncc(-c3ccc(C#N)cc3)cn2)CC1. The molecule has 1 atom stereocenters. The summed E-state index contributed by atoms with van der Waals surface area (Å²) in [5.41, 5.74) is 2.65. The highest BCUT2D eigenvalue weighted by Crippen LogP contribution is 2.22. The topological polar surface area (TPSA) is 62.0 Å². The van der Waals surface area contributed by atoms with E-state index in [4.69, 9.17) is 21.6 Å². The van der Waals surface area contributed by atoms with Crippen molar-refractivity contribution in [1.29, 1.82) is 5.26 Å². The van der Waals surface area contributed by atoms with Crippen LogP contribution in [0.5, 0.6) is 6.01 Å². The Balaban J connectivity index is 1.54. The number of piperidine rings is 1. The fourth-order valence-electron chi connectivity index (χ4n) is 3.11. The summed E-state index contributed by atoms with van der Waals surface area (Å²) in [6, 6.07) is 9.89. The van der Waals surface area contributed by atoms with Crippen LogP contribution < -0.4 is 4.74 Å². The lowest BCUT2D eigenvalue weighted by atomic mass is 10.1. The standard InChI is InChI=1S/C20H23ClN4O/c1-2-3-19(21)25-10-8-18(9-11-25)26-20-23-13-17(14-24-20)16-6-4-15(12-22)5-7-16/h4-7,13-14,18-19H,2-3,8-11H2,1H3. The van der Waals surface area contributed by atoms with Crippen molar-refractivity contribution in [2.75, 3.05) is 13.1 Å². The maximum Gasteiger partial charge on any atom is 0.316 e. The van der Waals surface area contributed by atoms with Gasteiger partial charge in [0.1, 0.15) is 6.10 Å². The van der Waals surface area contributed by atoms with Crippen LogP contribution in [0.1, 0.15) is 38.2 Å². The van der Waals surface area contributed by atoms with E-state index < -0.39 is 0 Å². The van der Waals surface area contributed by atoms with Crippen molar-refractivity contribution in [2.45, 2.75) is 44.2 Å². The van der Waals surface area contributed by atoms with Crippen LogP contribution in [0.15, 0.2) is 36.7 Å². The van der Waals surface area contributed by atoms with E-state index >= 15 is 0 Å². The van der Waals surface area contributed by atoms with Crippen LogP contribution in [0.25, 0.3) is 11.1 Å². The van der Waals surface area contributed by atoms with E-state index in [2.05, 4.69) is 27.9 Å². The zero-order valence-corrected chi connectivity index (χ0v) is 15.7. The quantitative estimate of drug-likeness (QED) is 0.562. The summed E-state index contributed by atoms with van der Waals surface area (Å²) >= 11 is 6.40. The molecular weight excluding hydrogens is 348 g/mol. The molecule has 6 heteroatoms. The first-order chi connectivity index (χ1) is 12.7. The van der Waals surface area contributed by atoms with E-state index in [1.165, 1.54) is 0 Å². The zero-order chi connectivity index (χ0) is 18.4. The van der Waals surface area contributed by atoms with Gasteiger partial charge in [0.2, 0.25) is 0 Å². The first-order valence-corrected chi connectivity index (χ1v) is 9.50. The number of ether oxygens (including phenoxy) is 1. The smallest absolute Gasteiger partial charge is 0.316 e. The molecule has 1 unspecified atom stereocenters. The average Bonchev–Trinajstić information content (AvgIpc) is 2.69. The number of rotatable bonds is 6. The summed E-state index contributed by atoms with van der Waals surface area (Å²) in [5.74, 6) is 0. The van der Waals surface area contributed by atoms with Gasteiger partial charge in [-0.05, 0) is 37.0 Å². The van der Waals surface area contributed by atoms with Crippen molar-refractivity contribution in [3.8, 4) is 23.2 Å². The minimum atomic E-state index is 0.129. The van der Waals surface area contributed by atoms with Crippen molar-refractivity contribution in [2.24, 2.45) is 0 Å². The molecule has 2 aromatic rings. The second-order valence-electron chi connectivity index (χ2n) is 6.52. The molecule has 0 amide bonds. The fraction of sp³-hybridized carbons (Fsp3) is 0.450. The summed E-state index contributed by atoms with van der Waals surface area (Å²) in [6.45, 7) is 4.05. The summed E-state index contributed by atoms with van der Waals surface area (Å²) in [7, 11) is 0. The second kappa shape index (κ2) is 8.98. The van der Waals surface area contributed by atoms with Gasteiger partial charge in [-0.25, -0.2) is 9.97 Å². The van der Waals surface area contributed by atoms with Gasteiger partial charge in [-0.15, -0.1) is 11.6 Å².